The minimum atomic E-state index is -0.190. The Kier molecular flexibility index (Phi) is 3.47. The van der Waals surface area contributed by atoms with E-state index in [0.29, 0.717) is 0 Å². The van der Waals surface area contributed by atoms with Crippen LogP contribution in [0.3, 0.4) is 0 Å². The maximum Gasteiger partial charge on any atom is 0.140 e. The van der Waals surface area contributed by atoms with Crippen LogP contribution < -0.4 is 0 Å². The summed E-state index contributed by atoms with van der Waals surface area (Å²) in [4.78, 5) is 10.9. The minimum absolute atomic E-state index is 0.0307. The number of ketones is 1. The van der Waals surface area contributed by atoms with Gasteiger partial charge in [-0.15, -0.1) is 0 Å². The van der Waals surface area contributed by atoms with Crippen molar-refractivity contribution in [3.8, 4) is 0 Å². The van der Waals surface area contributed by atoms with Gasteiger partial charge in [0, 0.05) is 11.8 Å². The van der Waals surface area contributed by atoms with Crippen molar-refractivity contribution in [1.29, 1.82) is 0 Å². The fourth-order valence-electron chi connectivity index (χ4n) is 0.659. The molecule has 0 aromatic heterocycles. The zero-order chi connectivity index (χ0) is 7.44. The van der Waals surface area contributed by atoms with Gasteiger partial charge in [-0.2, -0.15) is 0 Å². The third kappa shape index (κ3) is 2.61. The molecule has 0 saturated heterocycles. The monoisotopic (exact) mass is 130 g/mol. The van der Waals surface area contributed by atoms with Gasteiger partial charge >= 0.3 is 0 Å². The molecule has 0 bridgehead atoms. The van der Waals surface area contributed by atoms with E-state index in [0.717, 1.165) is 0 Å². The summed E-state index contributed by atoms with van der Waals surface area (Å²) in [6.07, 6.45) is 0. The standard InChI is InChI=1S/C7H14O2/c1-5(2)7(9)6(3)4-8/h5-6,8H,4H2,1-3H3. The lowest BCUT2D eigenvalue weighted by Gasteiger charge is -2.08. The van der Waals surface area contributed by atoms with Crippen molar-refractivity contribution in [2.24, 2.45) is 11.8 Å². The van der Waals surface area contributed by atoms with E-state index in [1.165, 1.54) is 0 Å². The molecular formula is C7H14O2. The first-order chi connectivity index (χ1) is 4.09. The quantitative estimate of drug-likeness (QED) is 0.614. The molecule has 2 nitrogen and oxygen atoms in total. The van der Waals surface area contributed by atoms with Crippen molar-refractivity contribution in [1.82, 2.24) is 0 Å². The highest BCUT2D eigenvalue weighted by Gasteiger charge is 2.14. The van der Waals surface area contributed by atoms with Crippen molar-refractivity contribution in [2.45, 2.75) is 20.8 Å². The van der Waals surface area contributed by atoms with Crippen LogP contribution in [0.25, 0.3) is 0 Å². The third-order valence-electron chi connectivity index (χ3n) is 1.33. The summed E-state index contributed by atoms with van der Waals surface area (Å²) in [6, 6.07) is 0. The predicted octanol–water partition coefficient (Wildman–Crippen LogP) is 0.840. The Bertz CT molecular complexity index is 97.1. The van der Waals surface area contributed by atoms with Gasteiger partial charge in [-0.1, -0.05) is 20.8 Å². The minimum Gasteiger partial charge on any atom is -0.396 e. The summed E-state index contributed by atoms with van der Waals surface area (Å²) in [7, 11) is 0. The van der Waals surface area contributed by atoms with Gasteiger partial charge in [0.05, 0.1) is 6.61 Å². The summed E-state index contributed by atoms with van der Waals surface area (Å²) < 4.78 is 0. The van der Waals surface area contributed by atoms with Crippen molar-refractivity contribution in [2.75, 3.05) is 6.61 Å². The van der Waals surface area contributed by atoms with Crippen LogP contribution in [0, 0.1) is 11.8 Å². The number of hydrogen-bond donors (Lipinski definition) is 1. The van der Waals surface area contributed by atoms with Gasteiger partial charge in [-0.3, -0.25) is 4.79 Å². The number of Topliss-reactive ketones (excluding diaryl/α,β-unsaturated/α-hetero) is 1. The van der Waals surface area contributed by atoms with E-state index in [9.17, 15) is 4.79 Å². The summed E-state index contributed by atoms with van der Waals surface area (Å²) in [5, 5.41) is 8.53. The van der Waals surface area contributed by atoms with Crippen LogP contribution in [0.15, 0.2) is 0 Å². The molecule has 0 aliphatic rings. The van der Waals surface area contributed by atoms with Gasteiger partial charge in [0.1, 0.15) is 5.78 Å². The molecule has 2 heteroatoms. The largest absolute Gasteiger partial charge is 0.396 e. The zero-order valence-corrected chi connectivity index (χ0v) is 6.22. The van der Waals surface area contributed by atoms with Gasteiger partial charge in [0.15, 0.2) is 0 Å². The Labute approximate surface area is 55.9 Å². The lowest BCUT2D eigenvalue weighted by atomic mass is 9.98. The van der Waals surface area contributed by atoms with Gasteiger partial charge in [-0.25, -0.2) is 0 Å². The first-order valence-corrected chi connectivity index (χ1v) is 3.24. The van der Waals surface area contributed by atoms with Crippen molar-refractivity contribution in [3.63, 3.8) is 0 Å². The van der Waals surface area contributed by atoms with Crippen LogP contribution in [0.2, 0.25) is 0 Å². The molecule has 0 aliphatic carbocycles. The summed E-state index contributed by atoms with van der Waals surface area (Å²) in [5.74, 6) is -0.00495. The van der Waals surface area contributed by atoms with E-state index in [1.807, 2.05) is 13.8 Å². The predicted molar refractivity (Wildman–Crippen MR) is 36.1 cm³/mol. The molecule has 9 heavy (non-hydrogen) atoms. The Morgan fingerprint density at radius 3 is 2.00 bits per heavy atom. The molecule has 1 atom stereocenters. The molecule has 0 aliphatic heterocycles. The van der Waals surface area contributed by atoms with E-state index in [4.69, 9.17) is 5.11 Å². The Morgan fingerprint density at radius 1 is 1.44 bits per heavy atom. The molecule has 0 fully saturated rings. The van der Waals surface area contributed by atoms with Gasteiger partial charge in [0.25, 0.3) is 0 Å². The van der Waals surface area contributed by atoms with Gasteiger partial charge in [-0.05, 0) is 0 Å². The van der Waals surface area contributed by atoms with E-state index >= 15 is 0 Å². The number of carbonyl (C=O) groups excluding carboxylic acids is 1. The molecular weight excluding hydrogens is 116 g/mol. The molecule has 1 N–H and O–H groups in total. The molecule has 0 spiro atoms. The maximum absolute atomic E-state index is 10.9. The molecule has 0 aromatic rings. The first-order valence-electron chi connectivity index (χ1n) is 3.24. The Hall–Kier alpha value is -0.370. The normalized spacial score (nSPS) is 13.9. The molecule has 54 valence electrons. The molecule has 0 radical (unpaired) electrons. The summed E-state index contributed by atoms with van der Waals surface area (Å²) in [5.41, 5.74) is 0. The lowest BCUT2D eigenvalue weighted by molar-refractivity contribution is -0.126. The number of aliphatic hydroxyl groups is 1. The van der Waals surface area contributed by atoms with E-state index in [1.54, 1.807) is 6.92 Å². The van der Waals surface area contributed by atoms with Gasteiger partial charge < -0.3 is 5.11 Å². The maximum atomic E-state index is 10.9. The molecule has 0 amide bonds. The van der Waals surface area contributed by atoms with Gasteiger partial charge in [0.2, 0.25) is 0 Å². The first kappa shape index (κ1) is 8.63. The average molecular weight is 130 g/mol. The average Bonchev–Trinajstić information content (AvgIpc) is 1.84. The highest BCUT2D eigenvalue weighted by Crippen LogP contribution is 2.04. The topological polar surface area (TPSA) is 37.3 Å². The molecule has 0 heterocycles. The van der Waals surface area contributed by atoms with Crippen LogP contribution >= 0.6 is 0 Å². The second-order valence-electron chi connectivity index (χ2n) is 2.64. The van der Waals surface area contributed by atoms with Crippen LogP contribution in [0.4, 0.5) is 0 Å². The summed E-state index contributed by atoms with van der Waals surface area (Å²) >= 11 is 0. The van der Waals surface area contributed by atoms with Crippen molar-refractivity contribution < 1.29 is 9.90 Å². The highest BCUT2D eigenvalue weighted by molar-refractivity contribution is 5.82. The summed E-state index contributed by atoms with van der Waals surface area (Å²) in [6.45, 7) is 5.39. The van der Waals surface area contributed by atoms with Crippen LogP contribution in [0.5, 0.6) is 0 Å². The van der Waals surface area contributed by atoms with Crippen LogP contribution in [-0.2, 0) is 4.79 Å². The second-order valence-corrected chi connectivity index (χ2v) is 2.64. The fourth-order valence-corrected chi connectivity index (χ4v) is 0.659. The van der Waals surface area contributed by atoms with Crippen molar-refractivity contribution in [3.05, 3.63) is 0 Å². The highest BCUT2D eigenvalue weighted by atomic mass is 16.3. The smallest absolute Gasteiger partial charge is 0.140 e. The molecule has 0 rings (SSSR count). The number of hydrogen-bond acceptors (Lipinski definition) is 2. The lowest BCUT2D eigenvalue weighted by Crippen LogP contribution is -2.19. The fraction of sp³-hybridized carbons (Fsp3) is 0.857. The Morgan fingerprint density at radius 2 is 1.89 bits per heavy atom. The SMILES string of the molecule is CC(C)C(=O)C(C)CO. The molecule has 0 aromatic carbocycles. The second kappa shape index (κ2) is 3.62. The third-order valence-corrected chi connectivity index (χ3v) is 1.33. The van der Waals surface area contributed by atoms with Crippen LogP contribution in [0.1, 0.15) is 20.8 Å². The zero-order valence-electron chi connectivity index (χ0n) is 6.22. The van der Waals surface area contributed by atoms with E-state index < -0.39 is 0 Å². The number of aliphatic hydroxyl groups excluding tert-OH is 1. The molecule has 0 saturated carbocycles. The number of carbonyl (C=O) groups is 1. The van der Waals surface area contributed by atoms with Crippen molar-refractivity contribution >= 4 is 5.78 Å². The number of rotatable bonds is 3. The Balaban J connectivity index is 3.73. The van der Waals surface area contributed by atoms with E-state index in [2.05, 4.69) is 0 Å². The molecule has 1 unspecified atom stereocenters. The van der Waals surface area contributed by atoms with Crippen LogP contribution in [-0.4, -0.2) is 17.5 Å². The van der Waals surface area contributed by atoms with E-state index in [-0.39, 0.29) is 24.2 Å².